The van der Waals surface area contributed by atoms with Crippen LogP contribution in [0.3, 0.4) is 0 Å². The minimum absolute atomic E-state index is 0. The van der Waals surface area contributed by atoms with Gasteiger partial charge < -0.3 is 26.5 Å². The van der Waals surface area contributed by atoms with Gasteiger partial charge in [0.25, 0.3) is 0 Å². The summed E-state index contributed by atoms with van der Waals surface area (Å²) >= 11 is 0. The number of hydrogen-bond acceptors (Lipinski definition) is 2. The second-order valence-corrected chi connectivity index (χ2v) is 5.39. The van der Waals surface area contributed by atoms with Crippen LogP contribution in [0.2, 0.25) is 0 Å². The second kappa shape index (κ2) is 22.4. The molecule has 0 radical (unpaired) electrons. The molecule has 18 heavy (non-hydrogen) atoms. The summed E-state index contributed by atoms with van der Waals surface area (Å²) in [6.45, 7) is 17.8. The summed E-state index contributed by atoms with van der Waals surface area (Å²) in [6, 6.07) is 0. The molecule has 4 heteroatoms. The summed E-state index contributed by atoms with van der Waals surface area (Å²) in [7, 11) is 8.35. The van der Waals surface area contributed by atoms with Crippen LogP contribution in [0.15, 0.2) is 0 Å². The Labute approximate surface area is 128 Å². The van der Waals surface area contributed by atoms with Crippen LogP contribution in [0.25, 0.3) is 0 Å². The molecule has 0 rings (SSSR count). The fraction of sp³-hybridized carbons (Fsp3) is 0.857. The molecule has 0 N–H and O–H groups in total. The Morgan fingerprint density at radius 1 is 0.722 bits per heavy atom. The summed E-state index contributed by atoms with van der Waals surface area (Å²) in [5, 5.41) is 0. The zero-order valence-corrected chi connectivity index (χ0v) is 14.3. The van der Waals surface area contributed by atoms with Gasteiger partial charge in [-0.05, 0) is 28.2 Å². The molecular weight excluding hydrogens is 214 g/mol. The summed E-state index contributed by atoms with van der Waals surface area (Å²) in [5.74, 6) is 1.17. The molecule has 106 valence electrons. The number of hydrogen-bond donors (Lipinski definition) is 0. The van der Waals surface area contributed by atoms with Crippen molar-refractivity contribution in [3.05, 3.63) is 13.8 Å². The molecule has 0 spiro atoms. The van der Waals surface area contributed by atoms with E-state index in [0.717, 1.165) is 13.1 Å². The van der Waals surface area contributed by atoms with Gasteiger partial charge in [-0.3, -0.25) is 0 Å². The van der Waals surface area contributed by atoms with E-state index in [0.29, 0.717) is 11.8 Å². The van der Waals surface area contributed by atoms with Crippen molar-refractivity contribution in [3.63, 3.8) is 0 Å². The van der Waals surface area contributed by atoms with E-state index in [1.165, 1.54) is 0 Å². The first-order valence-electron chi connectivity index (χ1n) is 6.05. The SMILES string of the molecule is CN(C)CCN(C)C.[Be+2].[Be+2].[CH2-]C(C)C.[CH2-]C(C)C.[H-].[H-]. The van der Waals surface area contributed by atoms with E-state index >= 15 is 0 Å². The molecule has 0 aliphatic carbocycles. The maximum absolute atomic E-state index is 3.64. The van der Waals surface area contributed by atoms with Crippen LogP contribution in [0.1, 0.15) is 30.5 Å². The Morgan fingerprint density at radius 3 is 0.889 bits per heavy atom. The average molecular weight is 250 g/mol. The van der Waals surface area contributed by atoms with Gasteiger partial charge in [0.1, 0.15) is 0 Å². The topological polar surface area (TPSA) is 6.48 Å². The molecule has 0 aromatic carbocycles. The number of rotatable bonds is 3. The fourth-order valence-corrected chi connectivity index (χ4v) is 0.400. The van der Waals surface area contributed by atoms with Crippen molar-refractivity contribution in [3.8, 4) is 0 Å². The van der Waals surface area contributed by atoms with Gasteiger partial charge in [-0.1, -0.05) is 27.7 Å². The normalized spacial score (nSPS) is 9.00. The van der Waals surface area contributed by atoms with Gasteiger partial charge in [-0.2, -0.15) is 11.8 Å². The molecule has 2 nitrogen and oxygen atoms in total. The van der Waals surface area contributed by atoms with Crippen molar-refractivity contribution < 1.29 is 2.85 Å². The van der Waals surface area contributed by atoms with Gasteiger partial charge in [0, 0.05) is 13.1 Å². The van der Waals surface area contributed by atoms with Crippen molar-refractivity contribution >= 4 is 20.2 Å². The molecule has 0 aliphatic rings. The van der Waals surface area contributed by atoms with E-state index in [-0.39, 0.29) is 23.1 Å². The number of likely N-dealkylation sites (N-methyl/N-ethyl adjacent to an activating group) is 2. The molecule has 0 amide bonds. The zero-order valence-electron chi connectivity index (χ0n) is 16.3. The molecular formula is C14H36Be2N2. The Morgan fingerprint density at radius 2 is 0.833 bits per heavy atom. The first-order chi connectivity index (χ1) is 7.09. The summed E-state index contributed by atoms with van der Waals surface area (Å²) in [4.78, 5) is 4.36. The van der Waals surface area contributed by atoms with Crippen molar-refractivity contribution in [2.24, 2.45) is 11.8 Å². The smallest absolute Gasteiger partial charge is 1.00 e. The minimum atomic E-state index is 0. The molecule has 0 heterocycles. The number of nitrogens with zero attached hydrogens (tertiary/aromatic N) is 2. The average Bonchev–Trinajstić information content (AvgIpc) is 1.98. The molecule has 0 unspecified atom stereocenters. The van der Waals surface area contributed by atoms with E-state index < -0.39 is 0 Å². The van der Waals surface area contributed by atoms with Gasteiger partial charge in [0.05, 0.1) is 0 Å². The Bertz CT molecular complexity index is 106. The van der Waals surface area contributed by atoms with Gasteiger partial charge >= 0.3 is 20.2 Å². The van der Waals surface area contributed by atoms with Gasteiger partial charge in [-0.15, -0.1) is 0 Å². The van der Waals surface area contributed by atoms with Crippen LogP contribution in [0.4, 0.5) is 0 Å². The van der Waals surface area contributed by atoms with E-state index in [4.69, 9.17) is 0 Å². The molecule has 0 aliphatic heterocycles. The molecule has 0 aromatic rings. The fourth-order valence-electron chi connectivity index (χ4n) is 0.400. The monoisotopic (exact) mass is 250 g/mol. The third kappa shape index (κ3) is 137. The predicted molar refractivity (Wildman–Crippen MR) is 91.2 cm³/mol. The third-order valence-corrected chi connectivity index (χ3v) is 0.994. The molecule has 0 saturated carbocycles. The Kier molecular flexibility index (Phi) is 38.6. The third-order valence-electron chi connectivity index (χ3n) is 0.994. The second-order valence-electron chi connectivity index (χ2n) is 5.39. The zero-order chi connectivity index (χ0) is 13.7. The van der Waals surface area contributed by atoms with E-state index in [2.05, 4.69) is 79.5 Å². The van der Waals surface area contributed by atoms with Crippen molar-refractivity contribution in [1.29, 1.82) is 0 Å². The van der Waals surface area contributed by atoms with Crippen molar-refractivity contribution in [1.82, 2.24) is 9.80 Å². The van der Waals surface area contributed by atoms with Crippen LogP contribution in [0.5, 0.6) is 0 Å². The van der Waals surface area contributed by atoms with Crippen molar-refractivity contribution in [2.75, 3.05) is 41.3 Å². The van der Waals surface area contributed by atoms with Crippen LogP contribution in [-0.2, 0) is 0 Å². The predicted octanol–water partition coefficient (Wildman–Crippen LogP) is 2.53. The van der Waals surface area contributed by atoms with Crippen molar-refractivity contribution in [2.45, 2.75) is 27.7 Å². The molecule has 0 fully saturated rings. The maximum atomic E-state index is 3.64. The maximum Gasteiger partial charge on any atom is 2.00 e. The van der Waals surface area contributed by atoms with E-state index in [1.54, 1.807) is 0 Å². The van der Waals surface area contributed by atoms with E-state index in [1.807, 2.05) is 0 Å². The first-order valence-corrected chi connectivity index (χ1v) is 6.05. The Hall–Kier alpha value is 0.258. The van der Waals surface area contributed by atoms with Gasteiger partial charge in [-0.25, -0.2) is 0 Å². The molecule has 0 atom stereocenters. The van der Waals surface area contributed by atoms with Crippen LogP contribution >= 0.6 is 0 Å². The van der Waals surface area contributed by atoms with Crippen LogP contribution in [-0.4, -0.2) is 71.3 Å². The van der Waals surface area contributed by atoms with Gasteiger partial charge in [0.2, 0.25) is 0 Å². The standard InChI is InChI=1S/C6H16N2.2C4H9.2Be.2H/c1-7(2)5-6-8(3)4;2*1-4(2)3;;;;/h5-6H2,1-4H3;2*4H,1H2,2-3H3;;;;/q;2*-1;2*+2;2*-1. The van der Waals surface area contributed by atoms with Crippen LogP contribution < -0.4 is 0 Å². The molecule has 0 bridgehead atoms. The van der Waals surface area contributed by atoms with Crippen LogP contribution in [0, 0.1) is 25.7 Å². The largest absolute Gasteiger partial charge is 2.00 e. The first kappa shape index (κ1) is 30.9. The Balaban J connectivity index is -0.0000000249. The quantitative estimate of drug-likeness (QED) is 0.561. The minimum Gasteiger partial charge on any atom is -1.00 e. The summed E-state index contributed by atoms with van der Waals surface area (Å²) in [6.07, 6.45) is 0. The summed E-state index contributed by atoms with van der Waals surface area (Å²) in [5.41, 5.74) is 0. The molecule has 0 aromatic heterocycles. The van der Waals surface area contributed by atoms with Gasteiger partial charge in [0.15, 0.2) is 0 Å². The van der Waals surface area contributed by atoms with E-state index in [9.17, 15) is 0 Å². The summed E-state index contributed by atoms with van der Waals surface area (Å²) < 4.78 is 0. The molecule has 0 saturated heterocycles.